The largest absolute Gasteiger partial charge is 0.338 e. The number of nitrogens with one attached hydrogen (secondary N) is 3. The minimum Gasteiger partial charge on any atom is -0.338 e. The fourth-order valence-corrected chi connectivity index (χ4v) is 5.96. The number of carbonyl (C=O) groups excluding carboxylic acids is 1. The monoisotopic (exact) mass is 398 g/mol. The van der Waals surface area contributed by atoms with Crippen LogP contribution in [-0.2, 0) is 16.3 Å². The zero-order chi connectivity index (χ0) is 18.9. The van der Waals surface area contributed by atoms with E-state index in [1.807, 2.05) is 13.8 Å². The Labute approximate surface area is 155 Å². The predicted octanol–water partition coefficient (Wildman–Crippen LogP) is 0.878. The predicted molar refractivity (Wildman–Crippen MR) is 102 cm³/mol. The van der Waals surface area contributed by atoms with Crippen LogP contribution < -0.4 is 16.2 Å². The lowest BCUT2D eigenvalue weighted by atomic mass is 10.1. The van der Waals surface area contributed by atoms with E-state index in [2.05, 4.69) is 20.6 Å². The Kier molecular flexibility index (Phi) is 5.33. The van der Waals surface area contributed by atoms with Crippen LogP contribution >= 0.6 is 11.3 Å². The second-order valence-corrected chi connectivity index (χ2v) is 10.1. The minimum absolute atomic E-state index is 0.0171. The van der Waals surface area contributed by atoms with Crippen molar-refractivity contribution in [1.29, 1.82) is 0 Å². The van der Waals surface area contributed by atoms with Crippen molar-refractivity contribution in [3.05, 3.63) is 26.6 Å². The average molecular weight is 399 g/mol. The van der Waals surface area contributed by atoms with Crippen LogP contribution in [-0.4, -0.2) is 49.0 Å². The molecule has 0 aliphatic carbocycles. The Morgan fingerprint density at radius 1 is 1.35 bits per heavy atom. The van der Waals surface area contributed by atoms with E-state index in [0.717, 1.165) is 10.4 Å². The van der Waals surface area contributed by atoms with Gasteiger partial charge in [-0.15, -0.1) is 11.3 Å². The number of aryl methyl sites for hydroxylation is 2. The van der Waals surface area contributed by atoms with E-state index in [1.54, 1.807) is 0 Å². The van der Waals surface area contributed by atoms with Gasteiger partial charge in [-0.1, -0.05) is 0 Å². The molecule has 1 atom stereocenters. The lowest BCUT2D eigenvalue weighted by molar-refractivity contribution is 0.239. The van der Waals surface area contributed by atoms with Crippen LogP contribution in [0.15, 0.2) is 4.79 Å². The lowest BCUT2D eigenvalue weighted by Crippen LogP contribution is -2.39. The normalized spacial score (nSPS) is 18.9. The van der Waals surface area contributed by atoms with Crippen molar-refractivity contribution in [3.63, 3.8) is 0 Å². The van der Waals surface area contributed by atoms with Gasteiger partial charge in [-0.05, 0) is 31.7 Å². The van der Waals surface area contributed by atoms with E-state index in [-0.39, 0.29) is 29.0 Å². The maximum Gasteiger partial charge on any atom is 0.314 e. The van der Waals surface area contributed by atoms with Crippen LogP contribution in [0.1, 0.15) is 22.7 Å². The van der Waals surface area contributed by atoms with Crippen LogP contribution in [0.3, 0.4) is 0 Å². The molecule has 0 spiro atoms. The highest BCUT2D eigenvalue weighted by Crippen LogP contribution is 2.25. The molecule has 1 aliphatic heterocycles. The first-order valence-electron chi connectivity index (χ1n) is 8.46. The highest BCUT2D eigenvalue weighted by molar-refractivity contribution is 7.91. The fraction of sp³-hybridized carbons (Fsp3) is 0.562. The summed E-state index contributed by atoms with van der Waals surface area (Å²) in [5.41, 5.74) is 0.801. The van der Waals surface area contributed by atoms with Crippen molar-refractivity contribution in [3.8, 4) is 0 Å². The number of carbonyl (C=O) groups is 1. The standard InChI is InChI=1S/C16H22N4O4S2/c1-9-10(2)25-15-13(9)14(21)19-12(20-15)3-5-17-16(22)18-7-11-4-6-26(23,24)8-11/h11H,3-8H2,1-2H3,(H2,17,18,22)(H,19,20,21). The molecule has 10 heteroatoms. The van der Waals surface area contributed by atoms with Crippen LogP contribution in [0.4, 0.5) is 4.79 Å². The molecule has 2 aromatic rings. The summed E-state index contributed by atoms with van der Waals surface area (Å²) >= 11 is 1.49. The molecule has 0 radical (unpaired) electrons. The van der Waals surface area contributed by atoms with E-state index in [9.17, 15) is 18.0 Å². The Bertz CT molecular complexity index is 994. The summed E-state index contributed by atoms with van der Waals surface area (Å²) in [5.74, 6) is 0.852. The van der Waals surface area contributed by atoms with Gasteiger partial charge in [0.15, 0.2) is 9.84 Å². The van der Waals surface area contributed by atoms with Crippen LogP contribution in [0.2, 0.25) is 0 Å². The minimum atomic E-state index is -2.93. The van der Waals surface area contributed by atoms with Gasteiger partial charge in [0.2, 0.25) is 0 Å². The van der Waals surface area contributed by atoms with Gasteiger partial charge in [-0.2, -0.15) is 0 Å². The fourth-order valence-electron chi connectivity index (χ4n) is 3.04. The zero-order valence-electron chi connectivity index (χ0n) is 14.7. The number of thiophene rings is 1. The Hall–Kier alpha value is -1.94. The molecule has 26 heavy (non-hydrogen) atoms. The molecule has 1 unspecified atom stereocenters. The van der Waals surface area contributed by atoms with Gasteiger partial charge < -0.3 is 15.6 Å². The van der Waals surface area contributed by atoms with Gasteiger partial charge in [0.1, 0.15) is 10.7 Å². The van der Waals surface area contributed by atoms with E-state index in [0.29, 0.717) is 42.0 Å². The highest BCUT2D eigenvalue weighted by Gasteiger charge is 2.27. The average Bonchev–Trinajstić information content (AvgIpc) is 3.05. The zero-order valence-corrected chi connectivity index (χ0v) is 16.3. The maximum absolute atomic E-state index is 12.2. The molecule has 0 saturated carbocycles. The third-order valence-electron chi connectivity index (χ3n) is 4.61. The number of aromatic amines is 1. The number of hydrogen-bond acceptors (Lipinski definition) is 6. The maximum atomic E-state index is 12.2. The molecule has 3 heterocycles. The van der Waals surface area contributed by atoms with Crippen LogP contribution in [0, 0.1) is 19.8 Å². The number of fused-ring (bicyclic) bond motifs is 1. The van der Waals surface area contributed by atoms with Gasteiger partial charge in [0, 0.05) is 24.4 Å². The molecule has 1 aliphatic rings. The third kappa shape index (κ3) is 4.24. The molecule has 2 amide bonds. The molecule has 2 aromatic heterocycles. The highest BCUT2D eigenvalue weighted by atomic mass is 32.2. The third-order valence-corrected chi connectivity index (χ3v) is 7.55. The quantitative estimate of drug-likeness (QED) is 0.690. The SMILES string of the molecule is Cc1sc2nc(CCNC(=O)NCC3CCS(=O)(=O)C3)[nH]c(=O)c2c1C. The van der Waals surface area contributed by atoms with Crippen molar-refractivity contribution >= 4 is 37.4 Å². The Morgan fingerprint density at radius 3 is 2.81 bits per heavy atom. The van der Waals surface area contributed by atoms with E-state index in [1.165, 1.54) is 11.3 Å². The van der Waals surface area contributed by atoms with E-state index in [4.69, 9.17) is 0 Å². The molecule has 3 N–H and O–H groups in total. The number of H-pyrrole nitrogens is 1. The smallest absolute Gasteiger partial charge is 0.314 e. The topological polar surface area (TPSA) is 121 Å². The molecular formula is C16H22N4O4S2. The summed E-state index contributed by atoms with van der Waals surface area (Å²) in [5, 5.41) is 6.03. The van der Waals surface area contributed by atoms with Crippen molar-refractivity contribution in [1.82, 2.24) is 20.6 Å². The molecule has 142 valence electrons. The van der Waals surface area contributed by atoms with Crippen molar-refractivity contribution < 1.29 is 13.2 Å². The van der Waals surface area contributed by atoms with Gasteiger partial charge in [0.05, 0.1) is 16.9 Å². The van der Waals surface area contributed by atoms with E-state index < -0.39 is 9.84 Å². The number of nitrogens with zero attached hydrogens (tertiary/aromatic N) is 1. The van der Waals surface area contributed by atoms with Gasteiger partial charge in [-0.3, -0.25) is 4.79 Å². The van der Waals surface area contributed by atoms with Crippen LogP contribution in [0.25, 0.3) is 10.2 Å². The second-order valence-electron chi connectivity index (χ2n) is 6.63. The number of aromatic nitrogens is 2. The van der Waals surface area contributed by atoms with Crippen LogP contribution in [0.5, 0.6) is 0 Å². The summed E-state index contributed by atoms with van der Waals surface area (Å²) < 4.78 is 22.8. The lowest BCUT2D eigenvalue weighted by Gasteiger charge is -2.10. The molecule has 8 nitrogen and oxygen atoms in total. The number of sulfone groups is 1. The van der Waals surface area contributed by atoms with Crippen molar-refractivity contribution in [2.75, 3.05) is 24.6 Å². The van der Waals surface area contributed by atoms with Gasteiger partial charge >= 0.3 is 6.03 Å². The summed E-state index contributed by atoms with van der Waals surface area (Å²) in [6, 6.07) is -0.347. The molecule has 3 rings (SSSR count). The first-order valence-corrected chi connectivity index (χ1v) is 11.1. The van der Waals surface area contributed by atoms with Gasteiger partial charge in [0.25, 0.3) is 5.56 Å². The van der Waals surface area contributed by atoms with Gasteiger partial charge in [-0.25, -0.2) is 18.2 Å². The number of amides is 2. The summed E-state index contributed by atoms with van der Waals surface area (Å²) in [4.78, 5) is 33.0. The molecule has 0 bridgehead atoms. The Balaban J connectivity index is 1.49. The second kappa shape index (κ2) is 7.36. The number of urea groups is 1. The summed E-state index contributed by atoms with van der Waals surface area (Å²) in [6.07, 6.45) is 1.000. The number of rotatable bonds is 5. The number of hydrogen-bond donors (Lipinski definition) is 3. The molecule has 1 saturated heterocycles. The van der Waals surface area contributed by atoms with E-state index >= 15 is 0 Å². The molecule has 1 fully saturated rings. The van der Waals surface area contributed by atoms with Crippen molar-refractivity contribution in [2.45, 2.75) is 26.7 Å². The summed E-state index contributed by atoms with van der Waals surface area (Å²) in [7, 11) is -2.93. The Morgan fingerprint density at radius 2 is 2.12 bits per heavy atom. The first-order chi connectivity index (χ1) is 12.2. The summed E-state index contributed by atoms with van der Waals surface area (Å²) in [6.45, 7) is 4.54. The first kappa shape index (κ1) is 18.8. The van der Waals surface area contributed by atoms with Crippen molar-refractivity contribution in [2.24, 2.45) is 5.92 Å². The molecule has 0 aromatic carbocycles. The molecular weight excluding hydrogens is 376 g/mol.